The van der Waals surface area contributed by atoms with E-state index in [1.54, 1.807) is 20.2 Å². The largest absolute Gasteiger partial charge is 0.497 e. The first-order valence-electron chi connectivity index (χ1n) is 13.1. The second kappa shape index (κ2) is 11.4. The molecule has 216 valence electrons. The van der Waals surface area contributed by atoms with Crippen molar-refractivity contribution in [2.24, 2.45) is 4.03 Å². The quantitative estimate of drug-likeness (QED) is 0.276. The molecule has 38 heavy (non-hydrogen) atoms. The van der Waals surface area contributed by atoms with Gasteiger partial charge in [0.15, 0.2) is 16.6 Å². The minimum atomic E-state index is -3.06. The second-order valence-corrected chi connectivity index (χ2v) is 26.5. The smallest absolute Gasteiger partial charge is 0.195 e. The molecule has 1 heterocycles. The van der Waals surface area contributed by atoms with Crippen molar-refractivity contribution in [2.75, 3.05) is 13.7 Å². The molecule has 0 aliphatic rings. The Balaban J connectivity index is 2.50. The third-order valence-electron chi connectivity index (χ3n) is 7.88. The van der Waals surface area contributed by atoms with Crippen molar-refractivity contribution >= 4 is 37.8 Å². The molecule has 11 heteroatoms. The van der Waals surface area contributed by atoms with E-state index in [-0.39, 0.29) is 22.7 Å². The molecule has 1 aromatic carbocycles. The summed E-state index contributed by atoms with van der Waals surface area (Å²) >= 11 is 1.24. The van der Waals surface area contributed by atoms with Crippen LogP contribution in [0, 0.1) is 0 Å². The molecule has 0 bridgehead atoms. The van der Waals surface area contributed by atoms with Gasteiger partial charge in [0.05, 0.1) is 19.9 Å². The number of hydrogen-bond acceptors (Lipinski definition) is 7. The third kappa shape index (κ3) is 7.76. The molecule has 0 aliphatic carbocycles. The summed E-state index contributed by atoms with van der Waals surface area (Å²) in [5.41, 5.74) is -0.333. The highest BCUT2D eigenvalue weighted by molar-refractivity contribution is 7.94. The summed E-state index contributed by atoms with van der Waals surface area (Å²) in [6.07, 6.45) is 1.60. The Labute approximate surface area is 237 Å². The Morgan fingerprint density at radius 3 is 2.08 bits per heavy atom. The summed E-state index contributed by atoms with van der Waals surface area (Å²) in [6.45, 7) is 25.4. The van der Waals surface area contributed by atoms with Crippen LogP contribution in [0.25, 0.3) is 0 Å². The molecule has 0 spiro atoms. The summed E-state index contributed by atoms with van der Waals surface area (Å²) in [7, 11) is -5.83. The molecule has 0 saturated carbocycles. The van der Waals surface area contributed by atoms with Crippen LogP contribution in [0.4, 0.5) is 0 Å². The zero-order valence-corrected chi connectivity index (χ0v) is 29.2. The summed E-state index contributed by atoms with van der Waals surface area (Å²) in [5, 5.41) is 11.8. The van der Waals surface area contributed by atoms with Crippen molar-refractivity contribution in [3.63, 3.8) is 0 Å². The van der Waals surface area contributed by atoms with Crippen LogP contribution in [-0.4, -0.2) is 44.6 Å². The van der Waals surface area contributed by atoms with Gasteiger partial charge in [-0.05, 0) is 67.8 Å². The number of methoxy groups -OCH3 is 1. The predicted octanol–water partition coefficient (Wildman–Crippen LogP) is 7.48. The van der Waals surface area contributed by atoms with Gasteiger partial charge in [0.2, 0.25) is 0 Å². The minimum Gasteiger partial charge on any atom is -0.497 e. The Kier molecular flexibility index (Phi) is 9.95. The second-order valence-electron chi connectivity index (χ2n) is 13.3. The molecule has 3 atom stereocenters. The fourth-order valence-electron chi connectivity index (χ4n) is 3.02. The van der Waals surface area contributed by atoms with Crippen molar-refractivity contribution in [1.29, 1.82) is 0 Å². The van der Waals surface area contributed by atoms with E-state index in [0.29, 0.717) is 9.22 Å². The zero-order chi connectivity index (χ0) is 29.4. The minimum absolute atomic E-state index is 0.0228. The van der Waals surface area contributed by atoms with Crippen LogP contribution in [0.3, 0.4) is 0 Å². The van der Waals surface area contributed by atoms with Gasteiger partial charge in [0, 0.05) is 6.04 Å². The van der Waals surface area contributed by atoms with E-state index in [0.717, 1.165) is 11.3 Å². The molecule has 2 aromatic rings. The highest BCUT2D eigenvalue weighted by Gasteiger charge is 2.41. The van der Waals surface area contributed by atoms with Gasteiger partial charge in [-0.3, -0.25) is 4.03 Å². The van der Waals surface area contributed by atoms with Gasteiger partial charge >= 0.3 is 0 Å². The average molecular weight is 600 g/mol. The van der Waals surface area contributed by atoms with Gasteiger partial charge in [-0.25, -0.2) is 13.9 Å². The predicted molar refractivity (Wildman–Crippen MR) is 165 cm³/mol. The third-order valence-corrected chi connectivity index (χ3v) is 22.2. The average Bonchev–Trinajstić information content (AvgIpc) is 3.28. The van der Waals surface area contributed by atoms with E-state index in [4.69, 9.17) is 13.2 Å². The summed E-state index contributed by atoms with van der Waals surface area (Å²) < 4.78 is 35.3. The number of hydrogen-bond donors (Lipinski definition) is 2. The monoisotopic (exact) mass is 599 g/mol. The van der Waals surface area contributed by atoms with Crippen LogP contribution in [0.5, 0.6) is 5.75 Å². The van der Waals surface area contributed by atoms with Gasteiger partial charge in [-0.2, -0.15) is 0 Å². The summed E-state index contributed by atoms with van der Waals surface area (Å²) in [6, 6.07) is 7.47. The van der Waals surface area contributed by atoms with Crippen molar-refractivity contribution in [3.05, 3.63) is 41.0 Å². The number of nitrogens with one attached hydrogen (secondary N) is 1. The van der Waals surface area contributed by atoms with Crippen LogP contribution in [-0.2, 0) is 19.9 Å². The molecule has 7 nitrogen and oxygen atoms in total. The Morgan fingerprint density at radius 1 is 1.05 bits per heavy atom. The molecule has 0 radical (unpaired) electrons. The maximum Gasteiger partial charge on any atom is 0.195 e. The fraction of sp³-hybridized carbons (Fsp3) is 0.667. The van der Waals surface area contributed by atoms with E-state index < -0.39 is 32.1 Å². The number of aromatic nitrogens is 1. The van der Waals surface area contributed by atoms with Crippen molar-refractivity contribution < 1.29 is 18.5 Å². The van der Waals surface area contributed by atoms with Crippen molar-refractivity contribution in [2.45, 2.75) is 108 Å². The van der Waals surface area contributed by atoms with Gasteiger partial charge < -0.3 is 14.3 Å². The molecule has 0 aliphatic heterocycles. The van der Waals surface area contributed by atoms with Crippen LogP contribution in [0.15, 0.2) is 38.7 Å². The van der Waals surface area contributed by atoms with Gasteiger partial charge in [-0.1, -0.05) is 53.7 Å². The molecule has 0 saturated heterocycles. The Bertz CT molecular complexity index is 1200. The molecular formula is C27H49N3O4S2Si2. The SMILES string of the molecule is COc1ccc([C@H](C)NS(=O)(=N[Si](C)(C)C(C)(C)C)c2cnc([C@](C)(O)CO[Si](C)(C)C(C)(C)C)s2)cc1. The van der Waals surface area contributed by atoms with E-state index in [9.17, 15) is 9.32 Å². The van der Waals surface area contributed by atoms with Crippen molar-refractivity contribution in [1.82, 2.24) is 9.71 Å². The molecule has 1 unspecified atom stereocenters. The van der Waals surface area contributed by atoms with E-state index in [2.05, 4.69) is 77.4 Å². The topological polar surface area (TPSA) is 93.0 Å². The molecule has 0 amide bonds. The summed E-state index contributed by atoms with van der Waals surface area (Å²) in [4.78, 5) is 4.54. The van der Waals surface area contributed by atoms with Crippen LogP contribution >= 0.6 is 11.3 Å². The van der Waals surface area contributed by atoms with E-state index in [1.165, 1.54) is 11.3 Å². The number of thiazole rings is 1. The fourth-order valence-corrected chi connectivity index (χ4v) is 11.1. The highest BCUT2D eigenvalue weighted by Crippen LogP contribution is 2.41. The maximum absolute atomic E-state index is 14.7. The highest BCUT2D eigenvalue weighted by atomic mass is 32.2. The van der Waals surface area contributed by atoms with Crippen LogP contribution in [0.2, 0.25) is 36.3 Å². The number of benzene rings is 1. The van der Waals surface area contributed by atoms with Gasteiger partial charge in [-0.15, -0.1) is 11.3 Å². The standard InChI is InChI=1S/C27H49N3O4S2Si2/c1-20(21-14-16-22(33-9)17-15-21)29-36(32,30-37(10,11)25(2,3)4)23-18-28-24(35-23)27(8,31)19-34-38(12,13)26(5,6)7/h14-18,20,31H,19H2,1-13H3,(H,29,30,32)/t20-,27+,36?/m0/s1. The number of ether oxygens (including phenoxy) is 1. The first-order valence-corrected chi connectivity index (χ1v) is 21.3. The molecule has 2 N–H and O–H groups in total. The van der Waals surface area contributed by atoms with Gasteiger partial charge in [0.1, 0.15) is 30.5 Å². The summed E-state index contributed by atoms with van der Waals surface area (Å²) in [5.74, 6) is 0.766. The number of aliphatic hydroxyl groups is 1. The maximum atomic E-state index is 14.7. The lowest BCUT2D eigenvalue weighted by Gasteiger charge is -2.38. The van der Waals surface area contributed by atoms with E-state index >= 15 is 0 Å². The normalized spacial score (nSPS) is 17.4. The Morgan fingerprint density at radius 2 is 1.61 bits per heavy atom. The number of nitrogens with zero attached hydrogens (tertiary/aromatic N) is 2. The molecular weight excluding hydrogens is 551 g/mol. The lowest BCUT2D eigenvalue weighted by molar-refractivity contribution is 0.00244. The van der Waals surface area contributed by atoms with Crippen LogP contribution < -0.4 is 9.46 Å². The lowest BCUT2D eigenvalue weighted by atomic mass is 10.1. The molecule has 2 rings (SSSR count). The van der Waals surface area contributed by atoms with E-state index in [1.807, 2.05) is 31.2 Å². The van der Waals surface area contributed by atoms with Crippen LogP contribution in [0.1, 0.15) is 72.0 Å². The Hall–Kier alpha value is -1.09. The van der Waals surface area contributed by atoms with Crippen molar-refractivity contribution in [3.8, 4) is 5.75 Å². The number of rotatable bonds is 10. The first kappa shape index (κ1) is 33.1. The lowest BCUT2D eigenvalue weighted by Crippen LogP contribution is -2.44. The zero-order valence-electron chi connectivity index (χ0n) is 25.6. The van der Waals surface area contributed by atoms with Gasteiger partial charge in [0.25, 0.3) is 0 Å². The molecule has 1 aromatic heterocycles. The molecule has 0 fully saturated rings. The first-order chi connectivity index (χ1) is 17.0.